The Hall–Kier alpha value is -1.36. The molecule has 0 radical (unpaired) electrons. The minimum absolute atomic E-state index is 0.134. The molecular weight excluding hydrogens is 184 g/mol. The van der Waals surface area contributed by atoms with E-state index in [1.807, 2.05) is 12.2 Å². The van der Waals surface area contributed by atoms with E-state index >= 15 is 0 Å². The molecule has 0 aromatic rings. The number of carbonyl (C=O) groups excluding carboxylic acids is 2. The fourth-order valence-corrected chi connectivity index (χ4v) is 1.51. The van der Waals surface area contributed by atoms with Crippen molar-refractivity contribution < 1.29 is 14.3 Å². The van der Waals surface area contributed by atoms with Crippen molar-refractivity contribution in [2.75, 3.05) is 13.2 Å². The zero-order valence-electron chi connectivity index (χ0n) is 7.66. The predicted octanol–water partition coefficient (Wildman–Crippen LogP) is -1.05. The van der Waals surface area contributed by atoms with Crippen LogP contribution in [0.25, 0.3) is 0 Å². The summed E-state index contributed by atoms with van der Waals surface area (Å²) in [5.41, 5.74) is 0. The molecule has 2 amide bonds. The Morgan fingerprint density at radius 3 is 2.71 bits per heavy atom. The number of piperazine rings is 1. The van der Waals surface area contributed by atoms with E-state index in [2.05, 4.69) is 10.6 Å². The summed E-state index contributed by atoms with van der Waals surface area (Å²) in [6.45, 7) is 0.723. The van der Waals surface area contributed by atoms with Crippen molar-refractivity contribution in [3.05, 3.63) is 12.2 Å². The highest BCUT2D eigenvalue weighted by atomic mass is 16.5. The molecule has 76 valence electrons. The average Bonchev–Trinajstić information content (AvgIpc) is 2.18. The Balaban J connectivity index is 2.16. The van der Waals surface area contributed by atoms with Crippen molar-refractivity contribution in [1.29, 1.82) is 0 Å². The molecule has 3 aliphatic heterocycles. The van der Waals surface area contributed by atoms with Crippen LogP contribution in [0.2, 0.25) is 0 Å². The summed E-state index contributed by atoms with van der Waals surface area (Å²) in [7, 11) is 0. The van der Waals surface area contributed by atoms with E-state index in [-0.39, 0.29) is 18.4 Å². The lowest BCUT2D eigenvalue weighted by molar-refractivity contribution is -0.138. The largest absolute Gasteiger partial charge is 0.375 e. The Bertz CT molecular complexity index is 288. The second-order valence-electron chi connectivity index (χ2n) is 3.37. The van der Waals surface area contributed by atoms with Gasteiger partial charge in [0.1, 0.15) is 12.1 Å². The first-order valence-corrected chi connectivity index (χ1v) is 4.61. The van der Waals surface area contributed by atoms with Gasteiger partial charge in [-0.15, -0.1) is 0 Å². The predicted molar refractivity (Wildman–Crippen MR) is 48.4 cm³/mol. The summed E-state index contributed by atoms with van der Waals surface area (Å²) in [5, 5.41) is 5.28. The molecule has 2 bridgehead atoms. The van der Waals surface area contributed by atoms with Crippen LogP contribution >= 0.6 is 0 Å². The maximum absolute atomic E-state index is 11.4. The average molecular weight is 196 g/mol. The van der Waals surface area contributed by atoms with Crippen molar-refractivity contribution in [2.45, 2.75) is 18.5 Å². The van der Waals surface area contributed by atoms with Gasteiger partial charge in [0.05, 0.1) is 13.2 Å². The SMILES string of the molecule is O=C1NC2COC/C=C\CC1NC2=O. The zero-order valence-corrected chi connectivity index (χ0v) is 7.66. The Labute approximate surface area is 81.5 Å². The van der Waals surface area contributed by atoms with Gasteiger partial charge in [0.15, 0.2) is 0 Å². The first-order chi connectivity index (χ1) is 6.77. The minimum Gasteiger partial charge on any atom is -0.375 e. The number of fused-ring (bicyclic) bond motifs is 6. The standard InChI is InChI=1S/C9H12N2O3/c12-8-6-3-1-2-4-14-5-7(11-8)9(13)10-6/h1-2,6-7H,3-5H2,(H,10,13)(H,11,12)/b2-1-. The number of amides is 2. The molecule has 3 heterocycles. The van der Waals surface area contributed by atoms with Gasteiger partial charge in [-0.2, -0.15) is 0 Å². The second-order valence-corrected chi connectivity index (χ2v) is 3.37. The number of hydrogen-bond acceptors (Lipinski definition) is 3. The van der Waals surface area contributed by atoms with Gasteiger partial charge in [-0.3, -0.25) is 9.59 Å². The Morgan fingerprint density at radius 1 is 1.14 bits per heavy atom. The van der Waals surface area contributed by atoms with Crippen LogP contribution < -0.4 is 10.6 Å². The highest BCUT2D eigenvalue weighted by Crippen LogP contribution is 2.04. The topological polar surface area (TPSA) is 67.4 Å². The van der Waals surface area contributed by atoms with Gasteiger partial charge < -0.3 is 15.4 Å². The molecule has 5 nitrogen and oxygen atoms in total. The third-order valence-electron chi connectivity index (χ3n) is 2.30. The quantitative estimate of drug-likeness (QED) is 0.486. The van der Waals surface area contributed by atoms with Gasteiger partial charge in [-0.25, -0.2) is 0 Å². The van der Waals surface area contributed by atoms with Gasteiger partial charge in [0.25, 0.3) is 0 Å². The lowest BCUT2D eigenvalue weighted by Crippen LogP contribution is -2.63. The van der Waals surface area contributed by atoms with Crippen LogP contribution in [0.3, 0.4) is 0 Å². The number of nitrogens with one attached hydrogen (secondary N) is 2. The summed E-state index contributed by atoms with van der Waals surface area (Å²) in [6.07, 6.45) is 4.23. The molecule has 0 aromatic carbocycles. The van der Waals surface area contributed by atoms with E-state index in [1.54, 1.807) is 0 Å². The molecule has 2 unspecified atom stereocenters. The molecule has 0 saturated carbocycles. The fraction of sp³-hybridized carbons (Fsp3) is 0.556. The molecule has 3 aliphatic rings. The van der Waals surface area contributed by atoms with Crippen LogP contribution in [0, 0.1) is 0 Å². The molecule has 5 heteroatoms. The van der Waals surface area contributed by atoms with Crippen molar-refractivity contribution >= 4 is 11.8 Å². The normalized spacial score (nSPS) is 34.6. The Morgan fingerprint density at radius 2 is 1.86 bits per heavy atom. The van der Waals surface area contributed by atoms with Crippen LogP contribution in [0.1, 0.15) is 6.42 Å². The number of hydrogen-bond donors (Lipinski definition) is 2. The lowest BCUT2D eigenvalue weighted by atomic mass is 10.1. The van der Waals surface area contributed by atoms with Crippen molar-refractivity contribution in [3.63, 3.8) is 0 Å². The first-order valence-electron chi connectivity index (χ1n) is 4.61. The van der Waals surface area contributed by atoms with Gasteiger partial charge in [0, 0.05) is 0 Å². The van der Waals surface area contributed by atoms with Crippen LogP contribution in [0.15, 0.2) is 12.2 Å². The molecule has 0 aliphatic carbocycles. The van der Waals surface area contributed by atoms with E-state index in [0.29, 0.717) is 13.0 Å². The highest BCUT2D eigenvalue weighted by Gasteiger charge is 2.33. The first kappa shape index (κ1) is 9.21. The maximum Gasteiger partial charge on any atom is 0.245 e. The molecule has 14 heavy (non-hydrogen) atoms. The van der Waals surface area contributed by atoms with E-state index < -0.39 is 12.1 Å². The van der Waals surface area contributed by atoms with E-state index in [0.717, 1.165) is 0 Å². The molecule has 1 saturated heterocycles. The molecule has 0 aromatic heterocycles. The van der Waals surface area contributed by atoms with Crippen molar-refractivity contribution in [3.8, 4) is 0 Å². The van der Waals surface area contributed by atoms with Crippen LogP contribution in [0.4, 0.5) is 0 Å². The van der Waals surface area contributed by atoms with Crippen molar-refractivity contribution in [2.24, 2.45) is 0 Å². The summed E-state index contributed by atoms with van der Waals surface area (Å²) in [6, 6.07) is -0.960. The number of carbonyl (C=O) groups is 2. The molecule has 2 N–H and O–H groups in total. The summed E-state index contributed by atoms with van der Waals surface area (Å²) in [4.78, 5) is 22.8. The summed E-state index contributed by atoms with van der Waals surface area (Å²) in [5.74, 6) is -0.297. The van der Waals surface area contributed by atoms with Gasteiger partial charge in [-0.05, 0) is 6.42 Å². The summed E-state index contributed by atoms with van der Waals surface area (Å²) < 4.78 is 5.19. The maximum atomic E-state index is 11.4. The molecule has 1 fully saturated rings. The molecule has 2 atom stereocenters. The van der Waals surface area contributed by atoms with E-state index in [9.17, 15) is 9.59 Å². The third kappa shape index (κ3) is 1.77. The fourth-order valence-electron chi connectivity index (χ4n) is 1.51. The highest BCUT2D eigenvalue weighted by molar-refractivity contribution is 5.97. The smallest absolute Gasteiger partial charge is 0.245 e. The van der Waals surface area contributed by atoms with Crippen LogP contribution in [-0.4, -0.2) is 37.1 Å². The van der Waals surface area contributed by atoms with Gasteiger partial charge in [0.2, 0.25) is 11.8 Å². The van der Waals surface area contributed by atoms with Crippen LogP contribution in [-0.2, 0) is 14.3 Å². The monoisotopic (exact) mass is 196 g/mol. The lowest BCUT2D eigenvalue weighted by Gasteiger charge is -2.29. The molecule has 0 spiro atoms. The van der Waals surface area contributed by atoms with E-state index in [4.69, 9.17) is 4.74 Å². The zero-order chi connectivity index (χ0) is 9.97. The molecular formula is C9H12N2O3. The van der Waals surface area contributed by atoms with E-state index in [1.165, 1.54) is 0 Å². The minimum atomic E-state index is -0.537. The second kappa shape index (κ2) is 3.79. The number of ether oxygens (including phenoxy) is 1. The van der Waals surface area contributed by atoms with Crippen LogP contribution in [0.5, 0.6) is 0 Å². The number of rotatable bonds is 0. The Kier molecular flexibility index (Phi) is 2.49. The van der Waals surface area contributed by atoms with Gasteiger partial charge in [-0.1, -0.05) is 12.2 Å². The van der Waals surface area contributed by atoms with Gasteiger partial charge >= 0.3 is 0 Å². The molecule has 3 rings (SSSR count). The van der Waals surface area contributed by atoms with Crippen molar-refractivity contribution in [1.82, 2.24) is 10.6 Å². The third-order valence-corrected chi connectivity index (χ3v) is 2.30. The summed E-state index contributed by atoms with van der Waals surface area (Å²) >= 11 is 0.